The molecule has 0 radical (unpaired) electrons. The number of carbonyl (C=O) groups is 2. The van der Waals surface area contributed by atoms with Crippen molar-refractivity contribution in [2.75, 3.05) is 24.5 Å². The van der Waals surface area contributed by atoms with E-state index in [1.807, 2.05) is 20.8 Å². The molecule has 8 nitrogen and oxygen atoms in total. The number of hydrogen-bond acceptors (Lipinski definition) is 5. The molecule has 0 bridgehead atoms. The van der Waals surface area contributed by atoms with Crippen LogP contribution >= 0.6 is 0 Å². The predicted octanol–water partition coefficient (Wildman–Crippen LogP) is 4.98. The Labute approximate surface area is 242 Å². The van der Waals surface area contributed by atoms with Crippen molar-refractivity contribution >= 4 is 27.5 Å². The molecule has 3 rings (SSSR count). The molecule has 3 aromatic rings. The largest absolute Gasteiger partial charge is 0.495 e. The summed E-state index contributed by atoms with van der Waals surface area (Å²) in [7, 11) is -2.81. The third-order valence-corrected chi connectivity index (χ3v) is 8.53. The van der Waals surface area contributed by atoms with Crippen LogP contribution in [0.15, 0.2) is 71.6 Å². The molecule has 41 heavy (non-hydrogen) atoms. The standard InChI is InChI=1S/C31H38FN3O5S/c1-6-7-18-33-31(37)24(4)34(20-25-11-13-26(32)14-12-25)30(36)21-35(28-19-23(3)10-17-29(28)40-5)41(38,39)27-15-8-22(2)9-16-27/h8-17,19,24H,6-7,18,20-21H2,1-5H3,(H,33,37)/t24-/m0/s1. The number of nitrogens with one attached hydrogen (secondary N) is 1. The SMILES string of the molecule is CCCCNC(=O)[C@H](C)N(Cc1ccc(F)cc1)C(=O)CN(c1cc(C)ccc1OC)S(=O)(=O)c1ccc(C)cc1. The molecule has 220 valence electrons. The number of unbranched alkanes of at least 4 members (excludes halogenated alkanes) is 1. The minimum Gasteiger partial charge on any atom is -0.495 e. The predicted molar refractivity (Wildman–Crippen MR) is 158 cm³/mol. The minimum absolute atomic E-state index is 0.00917. The number of halogens is 1. The van der Waals surface area contributed by atoms with Gasteiger partial charge in [-0.05, 0) is 74.7 Å². The molecule has 1 N–H and O–H groups in total. The van der Waals surface area contributed by atoms with E-state index in [1.165, 1.54) is 48.4 Å². The van der Waals surface area contributed by atoms with Gasteiger partial charge in [-0.15, -0.1) is 0 Å². The number of sulfonamides is 1. The fourth-order valence-corrected chi connectivity index (χ4v) is 5.67. The Morgan fingerprint density at radius 1 is 0.976 bits per heavy atom. The lowest BCUT2D eigenvalue weighted by Crippen LogP contribution is -2.51. The zero-order valence-electron chi connectivity index (χ0n) is 24.2. The van der Waals surface area contributed by atoms with Gasteiger partial charge in [-0.25, -0.2) is 12.8 Å². The van der Waals surface area contributed by atoms with Crippen LogP contribution < -0.4 is 14.4 Å². The van der Waals surface area contributed by atoms with E-state index >= 15 is 0 Å². The van der Waals surface area contributed by atoms with Crippen LogP contribution in [0, 0.1) is 19.7 Å². The molecule has 0 aliphatic carbocycles. The summed E-state index contributed by atoms with van der Waals surface area (Å²) in [5.41, 5.74) is 2.44. The first-order chi connectivity index (χ1) is 19.5. The van der Waals surface area contributed by atoms with E-state index in [-0.39, 0.29) is 28.8 Å². The Morgan fingerprint density at radius 3 is 2.22 bits per heavy atom. The van der Waals surface area contributed by atoms with Gasteiger partial charge in [0, 0.05) is 13.1 Å². The van der Waals surface area contributed by atoms with E-state index in [0.29, 0.717) is 12.1 Å². The number of methoxy groups -OCH3 is 1. The normalized spacial score (nSPS) is 12.0. The quantitative estimate of drug-likeness (QED) is 0.287. The molecule has 0 heterocycles. The van der Waals surface area contributed by atoms with E-state index in [9.17, 15) is 22.4 Å². The lowest BCUT2D eigenvalue weighted by molar-refractivity contribution is -0.139. The van der Waals surface area contributed by atoms with Crippen molar-refractivity contribution in [3.63, 3.8) is 0 Å². The number of rotatable bonds is 13. The van der Waals surface area contributed by atoms with Crippen LogP contribution in [0.4, 0.5) is 10.1 Å². The average Bonchev–Trinajstić information content (AvgIpc) is 2.95. The highest BCUT2D eigenvalue weighted by atomic mass is 32.2. The fourth-order valence-electron chi connectivity index (χ4n) is 4.25. The molecule has 1 atom stereocenters. The number of ether oxygens (including phenoxy) is 1. The molecular formula is C31H38FN3O5S. The zero-order chi connectivity index (χ0) is 30.2. The first kappa shape index (κ1) is 31.6. The first-order valence-electron chi connectivity index (χ1n) is 13.5. The van der Waals surface area contributed by atoms with Crippen LogP contribution in [0.5, 0.6) is 5.75 Å². The second kappa shape index (κ2) is 14.1. The van der Waals surface area contributed by atoms with Gasteiger partial charge in [0.2, 0.25) is 11.8 Å². The summed E-state index contributed by atoms with van der Waals surface area (Å²) < 4.78 is 48.2. The summed E-state index contributed by atoms with van der Waals surface area (Å²) in [6.45, 7) is 7.09. The number of aryl methyl sites for hydroxylation is 2. The van der Waals surface area contributed by atoms with Crippen molar-refractivity contribution in [1.29, 1.82) is 0 Å². The van der Waals surface area contributed by atoms with E-state index < -0.39 is 34.3 Å². The highest BCUT2D eigenvalue weighted by molar-refractivity contribution is 7.92. The van der Waals surface area contributed by atoms with Crippen LogP contribution in [-0.4, -0.2) is 51.4 Å². The second-order valence-electron chi connectivity index (χ2n) is 9.97. The van der Waals surface area contributed by atoms with Crippen LogP contribution in [-0.2, 0) is 26.2 Å². The lowest BCUT2D eigenvalue weighted by atomic mass is 10.1. The Morgan fingerprint density at radius 2 is 1.61 bits per heavy atom. The monoisotopic (exact) mass is 583 g/mol. The molecule has 3 aromatic carbocycles. The van der Waals surface area contributed by atoms with Crippen LogP contribution in [0.25, 0.3) is 0 Å². The maximum atomic E-state index is 14.0. The summed E-state index contributed by atoms with van der Waals surface area (Å²) in [5.74, 6) is -1.13. The molecule has 0 aromatic heterocycles. The number of nitrogens with zero attached hydrogens (tertiary/aromatic N) is 2. The topological polar surface area (TPSA) is 96.0 Å². The molecule has 0 fully saturated rings. The minimum atomic E-state index is -4.24. The van der Waals surface area contributed by atoms with Gasteiger partial charge in [0.1, 0.15) is 24.2 Å². The summed E-state index contributed by atoms with van der Waals surface area (Å²) in [6.07, 6.45) is 1.66. The number of carbonyl (C=O) groups excluding carboxylic acids is 2. The number of amides is 2. The van der Waals surface area contributed by atoms with Crippen molar-refractivity contribution < 1.29 is 27.1 Å². The van der Waals surface area contributed by atoms with Gasteiger partial charge in [0.25, 0.3) is 10.0 Å². The molecule has 10 heteroatoms. The second-order valence-corrected chi connectivity index (χ2v) is 11.8. The van der Waals surface area contributed by atoms with E-state index in [2.05, 4.69) is 5.32 Å². The van der Waals surface area contributed by atoms with Crippen LogP contribution in [0.2, 0.25) is 0 Å². The van der Waals surface area contributed by atoms with Crippen molar-refractivity contribution in [3.8, 4) is 5.75 Å². The summed E-state index contributed by atoms with van der Waals surface area (Å²) in [4.78, 5) is 28.4. The van der Waals surface area contributed by atoms with Gasteiger partial charge >= 0.3 is 0 Å². The van der Waals surface area contributed by atoms with E-state index in [0.717, 1.165) is 28.3 Å². The Hall–Kier alpha value is -3.92. The van der Waals surface area contributed by atoms with Crippen molar-refractivity contribution in [2.45, 2.75) is 58.0 Å². The maximum absolute atomic E-state index is 14.0. The van der Waals surface area contributed by atoms with Gasteiger partial charge in [-0.2, -0.15) is 0 Å². The Kier molecular flexibility index (Phi) is 10.9. The van der Waals surface area contributed by atoms with Crippen molar-refractivity contribution in [2.24, 2.45) is 0 Å². The number of hydrogen-bond donors (Lipinski definition) is 1. The van der Waals surface area contributed by atoms with Crippen molar-refractivity contribution in [1.82, 2.24) is 10.2 Å². The summed E-state index contributed by atoms with van der Waals surface area (Å²) in [5, 5.41) is 2.84. The maximum Gasteiger partial charge on any atom is 0.264 e. The van der Waals surface area contributed by atoms with E-state index in [1.54, 1.807) is 37.3 Å². The molecular weight excluding hydrogens is 545 g/mol. The van der Waals surface area contributed by atoms with Crippen molar-refractivity contribution in [3.05, 3.63) is 89.2 Å². The van der Waals surface area contributed by atoms with Crippen LogP contribution in [0.3, 0.4) is 0 Å². The number of anilines is 1. The van der Waals surface area contributed by atoms with Gasteiger partial charge in [0.15, 0.2) is 0 Å². The summed E-state index contributed by atoms with van der Waals surface area (Å²) >= 11 is 0. The van der Waals surface area contributed by atoms with E-state index in [4.69, 9.17) is 4.74 Å². The molecule has 2 amide bonds. The third-order valence-electron chi connectivity index (χ3n) is 6.75. The lowest BCUT2D eigenvalue weighted by Gasteiger charge is -2.32. The molecule has 0 spiro atoms. The Bertz CT molecular complexity index is 1440. The van der Waals surface area contributed by atoms with Crippen LogP contribution in [0.1, 0.15) is 43.4 Å². The Balaban J connectivity index is 2.06. The summed E-state index contributed by atoms with van der Waals surface area (Å²) in [6, 6.07) is 16.1. The average molecular weight is 584 g/mol. The zero-order valence-corrected chi connectivity index (χ0v) is 25.0. The van der Waals surface area contributed by atoms with Gasteiger partial charge in [-0.3, -0.25) is 13.9 Å². The van der Waals surface area contributed by atoms with Gasteiger partial charge < -0.3 is 15.0 Å². The smallest absolute Gasteiger partial charge is 0.264 e. The highest BCUT2D eigenvalue weighted by Gasteiger charge is 2.33. The molecule has 0 unspecified atom stereocenters. The highest BCUT2D eigenvalue weighted by Crippen LogP contribution is 2.34. The molecule has 0 aliphatic rings. The third kappa shape index (κ3) is 8.07. The fraction of sp³-hybridized carbons (Fsp3) is 0.355. The van der Waals surface area contributed by atoms with Gasteiger partial charge in [0.05, 0.1) is 17.7 Å². The molecule has 0 saturated heterocycles. The number of benzene rings is 3. The first-order valence-corrected chi connectivity index (χ1v) is 15.0. The molecule has 0 saturated carbocycles. The molecule has 0 aliphatic heterocycles. The van der Waals surface area contributed by atoms with Gasteiger partial charge in [-0.1, -0.05) is 49.2 Å².